The maximum Gasteiger partial charge on any atom is 0.257 e. The minimum Gasteiger partial charge on any atom is -0.507 e. The van der Waals surface area contributed by atoms with Gasteiger partial charge in [0, 0.05) is 32.2 Å². The molecule has 0 radical (unpaired) electrons. The number of carbonyl (C=O) groups is 1. The number of nitrogens with two attached hydrogens (primary N) is 1. The molecule has 21 heavy (non-hydrogen) atoms. The Hall–Kier alpha value is -1.73. The van der Waals surface area contributed by atoms with Gasteiger partial charge in [-0.25, -0.2) is 4.39 Å². The third kappa shape index (κ3) is 3.48. The summed E-state index contributed by atoms with van der Waals surface area (Å²) in [6, 6.07) is 3.41. The molecule has 2 rings (SSSR count). The van der Waals surface area contributed by atoms with Crippen LogP contribution in [-0.4, -0.2) is 58.0 Å². The molecule has 7 heteroatoms. The molecule has 0 aliphatic carbocycles. The number of aromatic hydroxyl groups is 1. The van der Waals surface area contributed by atoms with Crippen molar-refractivity contribution in [2.24, 2.45) is 5.73 Å². The molecule has 1 unspecified atom stereocenters. The number of rotatable bonds is 3. The highest BCUT2D eigenvalue weighted by Crippen LogP contribution is 2.21. The molecule has 114 valence electrons. The smallest absolute Gasteiger partial charge is 0.257 e. The average molecular weight is 311 g/mol. The van der Waals surface area contributed by atoms with Crippen molar-refractivity contribution >= 4 is 23.1 Å². The highest BCUT2D eigenvalue weighted by atomic mass is 32.1. The number of thiocarbonyl (C=S) groups is 1. The number of phenolic OH excluding ortho intramolecular Hbond substituents is 1. The van der Waals surface area contributed by atoms with Crippen LogP contribution in [0.5, 0.6) is 5.75 Å². The summed E-state index contributed by atoms with van der Waals surface area (Å²) in [5, 5.41) is 9.67. The summed E-state index contributed by atoms with van der Waals surface area (Å²) in [4.78, 5) is 16.5. The van der Waals surface area contributed by atoms with E-state index in [0.717, 1.165) is 12.1 Å². The molecule has 1 saturated heterocycles. The van der Waals surface area contributed by atoms with E-state index in [1.165, 1.54) is 6.07 Å². The van der Waals surface area contributed by atoms with Crippen molar-refractivity contribution in [3.05, 3.63) is 29.6 Å². The van der Waals surface area contributed by atoms with E-state index in [9.17, 15) is 14.3 Å². The van der Waals surface area contributed by atoms with E-state index < -0.39 is 5.82 Å². The van der Waals surface area contributed by atoms with Gasteiger partial charge in [-0.15, -0.1) is 0 Å². The number of amides is 1. The highest BCUT2D eigenvalue weighted by molar-refractivity contribution is 7.80. The lowest BCUT2D eigenvalue weighted by atomic mass is 10.1. The average Bonchev–Trinajstić information content (AvgIpc) is 2.46. The van der Waals surface area contributed by atoms with Crippen LogP contribution in [0.2, 0.25) is 0 Å². The first kappa shape index (κ1) is 15.7. The van der Waals surface area contributed by atoms with Crippen molar-refractivity contribution in [3.8, 4) is 5.75 Å². The molecule has 1 fully saturated rings. The number of piperazine rings is 1. The second kappa shape index (κ2) is 6.36. The summed E-state index contributed by atoms with van der Waals surface area (Å²) in [6.07, 6.45) is 0. The third-order valence-corrected chi connectivity index (χ3v) is 4.09. The van der Waals surface area contributed by atoms with Gasteiger partial charge in [-0.1, -0.05) is 12.2 Å². The molecule has 3 N–H and O–H groups in total. The maximum atomic E-state index is 13.0. The van der Waals surface area contributed by atoms with Crippen LogP contribution in [0.4, 0.5) is 4.39 Å². The van der Waals surface area contributed by atoms with Gasteiger partial charge >= 0.3 is 0 Å². The molecule has 1 aromatic rings. The molecule has 1 aliphatic heterocycles. The minimum absolute atomic E-state index is 0.00326. The zero-order valence-corrected chi connectivity index (χ0v) is 12.6. The summed E-state index contributed by atoms with van der Waals surface area (Å²) >= 11 is 4.97. The Morgan fingerprint density at radius 3 is 2.52 bits per heavy atom. The fourth-order valence-corrected chi connectivity index (χ4v) is 2.50. The first-order valence-electron chi connectivity index (χ1n) is 6.71. The van der Waals surface area contributed by atoms with E-state index in [2.05, 4.69) is 4.90 Å². The molecule has 0 aromatic heterocycles. The zero-order valence-electron chi connectivity index (χ0n) is 11.8. The van der Waals surface area contributed by atoms with Crippen LogP contribution in [0.25, 0.3) is 0 Å². The third-order valence-electron chi connectivity index (χ3n) is 3.75. The summed E-state index contributed by atoms with van der Waals surface area (Å²) in [5.41, 5.74) is 5.74. The first-order chi connectivity index (χ1) is 9.90. The van der Waals surface area contributed by atoms with E-state index in [4.69, 9.17) is 18.0 Å². The van der Waals surface area contributed by atoms with Crippen LogP contribution >= 0.6 is 12.2 Å². The standard InChI is InChI=1S/C14H18FN3O2S/c1-9(13(16)21)17-4-6-18(7-5-17)14(20)11-3-2-10(15)8-12(11)19/h2-3,8-9,19H,4-7H2,1H3,(H2,16,21). The van der Waals surface area contributed by atoms with Crippen molar-refractivity contribution in [3.63, 3.8) is 0 Å². The number of halogens is 1. The molecule has 5 nitrogen and oxygen atoms in total. The van der Waals surface area contributed by atoms with Gasteiger partial charge in [-0.3, -0.25) is 9.69 Å². The van der Waals surface area contributed by atoms with Gasteiger partial charge in [0.25, 0.3) is 5.91 Å². The maximum absolute atomic E-state index is 13.0. The van der Waals surface area contributed by atoms with E-state index >= 15 is 0 Å². The highest BCUT2D eigenvalue weighted by Gasteiger charge is 2.26. The zero-order chi connectivity index (χ0) is 15.6. The fraction of sp³-hybridized carbons (Fsp3) is 0.429. The summed E-state index contributed by atoms with van der Waals surface area (Å²) < 4.78 is 13.0. The molecule has 1 atom stereocenters. The van der Waals surface area contributed by atoms with Gasteiger partial charge in [-0.05, 0) is 19.1 Å². The lowest BCUT2D eigenvalue weighted by molar-refractivity contribution is 0.0619. The van der Waals surface area contributed by atoms with E-state index in [0.29, 0.717) is 31.2 Å². The van der Waals surface area contributed by atoms with Gasteiger partial charge in [0.05, 0.1) is 16.6 Å². The Morgan fingerprint density at radius 1 is 1.38 bits per heavy atom. The topological polar surface area (TPSA) is 69.8 Å². The number of phenols is 1. The van der Waals surface area contributed by atoms with Crippen LogP contribution < -0.4 is 5.73 Å². The normalized spacial score (nSPS) is 17.5. The number of benzene rings is 1. The van der Waals surface area contributed by atoms with E-state index in [1.807, 2.05) is 6.92 Å². The lowest BCUT2D eigenvalue weighted by Crippen LogP contribution is -2.53. The molecule has 0 spiro atoms. The lowest BCUT2D eigenvalue weighted by Gasteiger charge is -2.37. The monoisotopic (exact) mass is 311 g/mol. The second-order valence-electron chi connectivity index (χ2n) is 5.07. The predicted octanol–water partition coefficient (Wildman–Crippen LogP) is 0.964. The number of carbonyl (C=O) groups excluding carboxylic acids is 1. The Kier molecular flexibility index (Phi) is 4.74. The van der Waals surface area contributed by atoms with Crippen molar-refractivity contribution in [2.75, 3.05) is 26.2 Å². The molecule has 0 saturated carbocycles. The van der Waals surface area contributed by atoms with Crippen molar-refractivity contribution in [1.82, 2.24) is 9.80 Å². The predicted molar refractivity (Wildman–Crippen MR) is 81.8 cm³/mol. The van der Waals surface area contributed by atoms with Gasteiger partial charge in [-0.2, -0.15) is 0 Å². The number of hydrogen-bond acceptors (Lipinski definition) is 4. The molecular weight excluding hydrogens is 293 g/mol. The fourth-order valence-electron chi connectivity index (χ4n) is 2.35. The number of nitrogens with zero attached hydrogens (tertiary/aromatic N) is 2. The van der Waals surface area contributed by atoms with Crippen molar-refractivity contribution in [2.45, 2.75) is 13.0 Å². The molecule has 1 aromatic carbocycles. The SMILES string of the molecule is CC(C(N)=S)N1CCN(C(=O)c2ccc(F)cc2O)CC1. The second-order valence-corrected chi connectivity index (χ2v) is 5.54. The molecular formula is C14H18FN3O2S. The van der Waals surface area contributed by atoms with Crippen LogP contribution in [0, 0.1) is 5.82 Å². The van der Waals surface area contributed by atoms with Gasteiger partial charge < -0.3 is 15.7 Å². The largest absolute Gasteiger partial charge is 0.507 e. The summed E-state index contributed by atoms with van der Waals surface area (Å²) in [6.45, 7) is 4.29. The van der Waals surface area contributed by atoms with Crippen molar-refractivity contribution in [1.29, 1.82) is 0 Å². The summed E-state index contributed by atoms with van der Waals surface area (Å²) in [7, 11) is 0. The van der Waals surface area contributed by atoms with Gasteiger partial charge in [0.1, 0.15) is 11.6 Å². The van der Waals surface area contributed by atoms with Crippen LogP contribution in [0.15, 0.2) is 18.2 Å². The quantitative estimate of drug-likeness (QED) is 0.814. The Labute approximate surface area is 128 Å². The molecule has 1 amide bonds. The first-order valence-corrected chi connectivity index (χ1v) is 7.12. The Balaban J connectivity index is 2.02. The molecule has 0 bridgehead atoms. The van der Waals surface area contributed by atoms with E-state index in [-0.39, 0.29) is 23.3 Å². The van der Waals surface area contributed by atoms with Crippen LogP contribution in [-0.2, 0) is 0 Å². The Bertz CT molecular complexity index is 559. The Morgan fingerprint density at radius 2 is 2.00 bits per heavy atom. The van der Waals surface area contributed by atoms with Crippen molar-refractivity contribution < 1.29 is 14.3 Å². The van der Waals surface area contributed by atoms with Crippen LogP contribution in [0.3, 0.4) is 0 Å². The van der Waals surface area contributed by atoms with Gasteiger partial charge in [0.2, 0.25) is 0 Å². The van der Waals surface area contributed by atoms with E-state index in [1.54, 1.807) is 4.90 Å². The minimum atomic E-state index is -0.570. The summed E-state index contributed by atoms with van der Waals surface area (Å²) in [5.74, 6) is -1.20. The number of hydrogen-bond donors (Lipinski definition) is 2. The van der Waals surface area contributed by atoms with Gasteiger partial charge in [0.15, 0.2) is 0 Å². The molecule has 1 heterocycles. The van der Waals surface area contributed by atoms with Crippen LogP contribution in [0.1, 0.15) is 17.3 Å². The molecule has 1 aliphatic rings.